The normalized spacial score (nSPS) is 25.2. The summed E-state index contributed by atoms with van der Waals surface area (Å²) < 4.78 is 95.7. The average Bonchev–Trinajstić information content (AvgIpc) is 3.86. The van der Waals surface area contributed by atoms with Gasteiger partial charge in [-0.1, -0.05) is 18.2 Å². The van der Waals surface area contributed by atoms with Crippen LogP contribution in [0.25, 0.3) is 0 Å². The molecular formula is C47H53F6N7O8. The number of hydrogen-bond acceptors (Lipinski definition) is 9. The Labute approximate surface area is 387 Å². The molecule has 7 fully saturated rings. The number of piperidine rings is 1. The minimum absolute atomic E-state index is 0.00757. The van der Waals surface area contributed by atoms with E-state index in [1.54, 1.807) is 17.9 Å². The Balaban J connectivity index is 0.935. The van der Waals surface area contributed by atoms with E-state index in [9.17, 15) is 55.4 Å². The van der Waals surface area contributed by atoms with Gasteiger partial charge in [0.1, 0.15) is 17.2 Å². The number of fused-ring (bicyclic) bond motifs is 3. The van der Waals surface area contributed by atoms with E-state index >= 15 is 0 Å². The Hall–Kier alpha value is -5.57. The molecule has 3 aromatic rings. The first kappa shape index (κ1) is 47.5. The zero-order valence-corrected chi connectivity index (χ0v) is 37.4. The average molecular weight is 958 g/mol. The lowest BCUT2D eigenvalue weighted by Gasteiger charge is -2.51. The molecule has 21 heteroatoms. The number of alkyl halides is 6. The molecule has 2 aromatic heterocycles. The smallest absolute Gasteiger partial charge is 0.416 e. The summed E-state index contributed by atoms with van der Waals surface area (Å²) in [4.78, 5) is 76.6. The third-order valence-electron chi connectivity index (χ3n) is 15.3. The molecule has 2 aliphatic carbocycles. The summed E-state index contributed by atoms with van der Waals surface area (Å²) in [7, 11) is 0. The zero-order valence-electron chi connectivity index (χ0n) is 37.4. The van der Waals surface area contributed by atoms with Crippen LogP contribution in [0.3, 0.4) is 0 Å². The number of nitrogens with zero attached hydrogens (tertiary/aromatic N) is 6. The van der Waals surface area contributed by atoms with E-state index in [2.05, 4.69) is 15.4 Å². The highest BCUT2D eigenvalue weighted by Crippen LogP contribution is 2.60. The van der Waals surface area contributed by atoms with Crippen LogP contribution in [0, 0.1) is 22.2 Å². The fourth-order valence-corrected chi connectivity index (χ4v) is 10.9. The maximum atomic E-state index is 14.8. The number of hydrogen-bond donors (Lipinski definition) is 2. The van der Waals surface area contributed by atoms with Crippen molar-refractivity contribution >= 4 is 29.6 Å². The van der Waals surface area contributed by atoms with Crippen LogP contribution in [-0.2, 0) is 36.6 Å². The lowest BCUT2D eigenvalue weighted by Crippen LogP contribution is -2.67. The number of benzene rings is 1. The number of carbonyl (C=O) groups excluding carboxylic acids is 4. The van der Waals surface area contributed by atoms with E-state index < -0.39 is 76.4 Å². The number of aromatic nitrogens is 3. The Morgan fingerprint density at radius 1 is 0.882 bits per heavy atom. The van der Waals surface area contributed by atoms with Gasteiger partial charge >= 0.3 is 18.3 Å². The maximum Gasteiger partial charge on any atom is 0.416 e. The number of amides is 4. The van der Waals surface area contributed by atoms with E-state index in [-0.39, 0.29) is 80.9 Å². The zero-order chi connectivity index (χ0) is 48.4. The molecule has 3 atom stereocenters. The largest absolute Gasteiger partial charge is 0.477 e. The summed E-state index contributed by atoms with van der Waals surface area (Å²) in [6.45, 7) is 2.39. The van der Waals surface area contributed by atoms with Gasteiger partial charge in [-0.05, 0) is 93.5 Å². The molecule has 5 saturated heterocycles. The van der Waals surface area contributed by atoms with Crippen molar-refractivity contribution in [1.82, 2.24) is 34.8 Å². The summed E-state index contributed by atoms with van der Waals surface area (Å²) in [6, 6.07) is 6.42. The van der Waals surface area contributed by atoms with Gasteiger partial charge in [-0.3, -0.25) is 23.9 Å². The summed E-state index contributed by atoms with van der Waals surface area (Å²) >= 11 is 0. The van der Waals surface area contributed by atoms with Crippen LogP contribution >= 0.6 is 0 Å². The molecular weight excluding hydrogens is 905 g/mol. The molecule has 366 valence electrons. The number of pyridine rings is 1. The van der Waals surface area contributed by atoms with Gasteiger partial charge in [0, 0.05) is 62.5 Å². The second-order valence-corrected chi connectivity index (χ2v) is 19.9. The number of carboxylic acids is 1. The van der Waals surface area contributed by atoms with E-state index in [1.165, 1.54) is 46.4 Å². The summed E-state index contributed by atoms with van der Waals surface area (Å²) in [5.74, 6) is -4.88. The van der Waals surface area contributed by atoms with Crippen molar-refractivity contribution in [3.05, 3.63) is 82.9 Å². The first-order chi connectivity index (χ1) is 32.2. The number of nitrogens with one attached hydrogen (secondary N) is 1. The minimum atomic E-state index is -4.76. The Morgan fingerprint density at radius 2 is 1.56 bits per heavy atom. The molecule has 2 saturated carbocycles. The number of halogens is 6. The van der Waals surface area contributed by atoms with E-state index in [1.807, 2.05) is 0 Å². The molecule has 7 heterocycles. The fourth-order valence-electron chi connectivity index (χ4n) is 10.9. The van der Waals surface area contributed by atoms with Crippen LogP contribution in [0.1, 0.15) is 102 Å². The molecule has 5 aliphatic heterocycles. The number of ether oxygens (including phenoxy) is 2. The van der Waals surface area contributed by atoms with Gasteiger partial charge in [0.25, 0.3) is 5.91 Å². The molecule has 2 bridgehead atoms. The predicted octanol–water partition coefficient (Wildman–Crippen LogP) is 5.54. The monoisotopic (exact) mass is 957 g/mol. The van der Waals surface area contributed by atoms with Crippen molar-refractivity contribution in [3.8, 4) is 0 Å². The van der Waals surface area contributed by atoms with Crippen molar-refractivity contribution in [2.75, 3.05) is 52.5 Å². The second kappa shape index (κ2) is 17.7. The molecule has 2 N–H and O–H groups in total. The van der Waals surface area contributed by atoms with Gasteiger partial charge in [0.2, 0.25) is 17.7 Å². The van der Waals surface area contributed by atoms with E-state index in [4.69, 9.17) is 9.47 Å². The molecule has 1 spiro atoms. The number of rotatable bonds is 13. The first-order valence-corrected chi connectivity index (χ1v) is 23.0. The number of carbonyl (C=O) groups is 5. The van der Waals surface area contributed by atoms with Crippen molar-refractivity contribution in [2.45, 2.75) is 101 Å². The predicted molar refractivity (Wildman–Crippen MR) is 227 cm³/mol. The van der Waals surface area contributed by atoms with Crippen molar-refractivity contribution in [1.29, 1.82) is 0 Å². The Morgan fingerprint density at radius 3 is 2.13 bits per heavy atom. The fraction of sp³-hybridized carbons (Fsp3) is 0.596. The van der Waals surface area contributed by atoms with Gasteiger partial charge in [-0.2, -0.15) is 31.4 Å². The second-order valence-electron chi connectivity index (χ2n) is 19.9. The summed E-state index contributed by atoms with van der Waals surface area (Å²) in [5, 5.41) is 16.5. The number of carboxylic acid groups (broad SMARTS) is 1. The highest BCUT2D eigenvalue weighted by atomic mass is 19.4. The summed E-state index contributed by atoms with van der Waals surface area (Å²) in [6.07, 6.45) is -1.75. The molecule has 15 nitrogen and oxygen atoms in total. The highest BCUT2D eigenvalue weighted by molar-refractivity contribution is 5.96. The molecule has 10 rings (SSSR count). The lowest BCUT2D eigenvalue weighted by atomic mass is 9.70. The Kier molecular flexibility index (Phi) is 12.4. The van der Waals surface area contributed by atoms with Gasteiger partial charge in [-0.15, -0.1) is 0 Å². The maximum absolute atomic E-state index is 14.8. The SMILES string of the molecule is C[C@@H](OCC12CCC(CC1)OC2)C(NC(=O)[C@@H]1CN(C(=O)c2cnn(Cc3ccc(C(F)(F)F)cc3)c2)CC12CN(C(=O)C1(C(F)(F)F)CC1)C2)C(=O)N1CCC(c2ccc(C(=O)O)nc2)CC1. The van der Waals surface area contributed by atoms with Gasteiger partial charge in [0.05, 0.1) is 55.2 Å². The quantitative estimate of drug-likeness (QED) is 0.207. The molecule has 0 radical (unpaired) electrons. The van der Waals surface area contributed by atoms with Crippen LogP contribution in [0.5, 0.6) is 0 Å². The van der Waals surface area contributed by atoms with Gasteiger partial charge in [-0.25, -0.2) is 9.78 Å². The molecule has 4 amide bonds. The first-order valence-electron chi connectivity index (χ1n) is 23.0. The standard InChI is InChI=1S/C47H53F6N7O8/c1-28(67-26-43-12-8-34(9-13-43)68-27-43)37(40(63)57-16-10-30(11-17-57)31-4-7-36(41(64)65)54-18-31)56-38(61)35-22-58(23-44(35)24-59(25-44)42(66)45(14-15-45)47(51,52)53)39(62)32-19-55-60(21-32)20-29-2-5-33(6-3-29)46(48,49)50/h2-7,18-19,21,28,30,34-35,37H,8-17,20,22-27H2,1H3,(H,56,61)(H,64,65)/t28-,34?,35+,37?,43?/m1/s1. The highest BCUT2D eigenvalue weighted by Gasteiger charge is 2.72. The van der Waals surface area contributed by atoms with Crippen molar-refractivity contribution in [2.24, 2.45) is 22.2 Å². The van der Waals surface area contributed by atoms with E-state index in [0.29, 0.717) is 38.1 Å². The third-order valence-corrected chi connectivity index (χ3v) is 15.3. The van der Waals surface area contributed by atoms with E-state index in [0.717, 1.165) is 48.3 Å². The molecule has 7 aliphatic rings. The number of aromatic carboxylic acids is 1. The van der Waals surface area contributed by atoms with Crippen LogP contribution in [0.2, 0.25) is 0 Å². The van der Waals surface area contributed by atoms with Crippen molar-refractivity contribution < 1.29 is 64.9 Å². The summed E-state index contributed by atoms with van der Waals surface area (Å²) in [5.41, 5.74) is -3.38. The third kappa shape index (κ3) is 9.19. The van der Waals surface area contributed by atoms with Crippen LogP contribution in [0.4, 0.5) is 26.3 Å². The topological polar surface area (TPSA) is 176 Å². The van der Waals surface area contributed by atoms with Crippen molar-refractivity contribution in [3.63, 3.8) is 0 Å². The minimum Gasteiger partial charge on any atom is -0.477 e. The van der Waals surface area contributed by atoms with Crippen LogP contribution in [-0.4, -0.2) is 141 Å². The van der Waals surface area contributed by atoms with Gasteiger partial charge in [0.15, 0.2) is 0 Å². The molecule has 1 unspecified atom stereocenters. The van der Waals surface area contributed by atoms with Crippen LogP contribution in [0.15, 0.2) is 55.0 Å². The van der Waals surface area contributed by atoms with Gasteiger partial charge < -0.3 is 34.6 Å². The Bertz CT molecular complexity index is 2390. The molecule has 1 aromatic carbocycles. The number of likely N-dealkylation sites (tertiary alicyclic amines) is 3. The van der Waals surface area contributed by atoms with Crippen LogP contribution < -0.4 is 5.32 Å². The lowest BCUT2D eigenvalue weighted by molar-refractivity contribution is -0.205. The molecule has 68 heavy (non-hydrogen) atoms.